The molecule has 9 heteroatoms. The minimum atomic E-state index is -2.81. The van der Waals surface area contributed by atoms with Gasteiger partial charge >= 0.3 is 17.5 Å². The number of carbonyl (C=O) groups excluding carboxylic acids is 3. The van der Waals surface area contributed by atoms with Gasteiger partial charge in [-0.15, -0.1) is 0 Å². The van der Waals surface area contributed by atoms with Crippen LogP contribution in [0.4, 0.5) is 5.69 Å². The number of aromatic nitrogens is 1. The molecule has 0 bridgehead atoms. The number of para-hydroxylation sites is 1. The molecule has 4 aromatic rings. The standard InChI is InChI=1S/C30H30N2O7/c1-5-38-28(34)30(36,29(35)39-6-2)26-25(22-18-20(37-4)16-17-24(22)32(26)3)21-14-10-11-15-23(21)31-27(33)19-12-8-7-9-13-19/h7-18,36H,5-6H2,1-4H3,(H,31,33). The Kier molecular flexibility index (Phi) is 8.01. The molecule has 0 fully saturated rings. The van der Waals surface area contributed by atoms with Crippen LogP contribution in [0.3, 0.4) is 0 Å². The lowest BCUT2D eigenvalue weighted by atomic mass is 9.90. The minimum absolute atomic E-state index is 0.0657. The molecule has 2 N–H and O–H groups in total. The van der Waals surface area contributed by atoms with Crippen molar-refractivity contribution in [1.29, 1.82) is 0 Å². The van der Waals surface area contributed by atoms with Gasteiger partial charge in [0.2, 0.25) is 0 Å². The van der Waals surface area contributed by atoms with Gasteiger partial charge in [-0.05, 0) is 50.2 Å². The lowest BCUT2D eigenvalue weighted by Gasteiger charge is -2.26. The Morgan fingerprint density at radius 3 is 2.13 bits per heavy atom. The fraction of sp³-hybridized carbons (Fsp3) is 0.233. The van der Waals surface area contributed by atoms with Gasteiger partial charge in [0.25, 0.3) is 5.91 Å². The average molecular weight is 531 g/mol. The lowest BCUT2D eigenvalue weighted by molar-refractivity contribution is -0.185. The number of nitrogens with zero attached hydrogens (tertiary/aromatic N) is 1. The molecule has 0 atom stereocenters. The Labute approximate surface area is 225 Å². The van der Waals surface area contributed by atoms with E-state index in [1.807, 2.05) is 6.07 Å². The topological polar surface area (TPSA) is 116 Å². The summed E-state index contributed by atoms with van der Waals surface area (Å²) in [4.78, 5) is 39.7. The van der Waals surface area contributed by atoms with Gasteiger partial charge in [0.05, 0.1) is 26.0 Å². The highest BCUT2D eigenvalue weighted by Crippen LogP contribution is 2.44. The fourth-order valence-corrected chi connectivity index (χ4v) is 4.59. The maximum atomic E-state index is 13.3. The number of benzene rings is 3. The van der Waals surface area contributed by atoms with E-state index in [9.17, 15) is 19.5 Å². The highest BCUT2D eigenvalue weighted by atomic mass is 16.6. The largest absolute Gasteiger partial charge is 0.497 e. The van der Waals surface area contributed by atoms with E-state index >= 15 is 0 Å². The van der Waals surface area contributed by atoms with E-state index in [0.29, 0.717) is 39.0 Å². The zero-order valence-electron chi connectivity index (χ0n) is 22.2. The number of esters is 2. The van der Waals surface area contributed by atoms with E-state index < -0.39 is 17.5 Å². The first-order valence-corrected chi connectivity index (χ1v) is 12.5. The zero-order valence-corrected chi connectivity index (χ0v) is 22.2. The van der Waals surface area contributed by atoms with Gasteiger partial charge in [-0.2, -0.15) is 0 Å². The van der Waals surface area contributed by atoms with E-state index in [-0.39, 0.29) is 24.8 Å². The van der Waals surface area contributed by atoms with E-state index in [1.54, 1.807) is 92.2 Å². The molecule has 0 saturated carbocycles. The van der Waals surface area contributed by atoms with Crippen molar-refractivity contribution >= 4 is 34.4 Å². The highest BCUT2D eigenvalue weighted by Gasteiger charge is 2.53. The third-order valence-electron chi connectivity index (χ3n) is 6.37. The van der Waals surface area contributed by atoms with Crippen LogP contribution in [0.25, 0.3) is 22.0 Å². The molecule has 1 aromatic heterocycles. The number of fused-ring (bicyclic) bond motifs is 1. The first kappa shape index (κ1) is 27.4. The number of rotatable bonds is 9. The monoisotopic (exact) mass is 530 g/mol. The Hall–Kier alpha value is -4.63. The summed E-state index contributed by atoms with van der Waals surface area (Å²) in [5.41, 5.74) is -0.638. The second-order valence-electron chi connectivity index (χ2n) is 8.68. The SMILES string of the molecule is CCOC(=O)C(O)(C(=O)OCC)c1c(-c2ccccc2NC(=O)c2ccccc2)c2cc(OC)ccc2n1C. The van der Waals surface area contributed by atoms with Crippen LogP contribution in [0.2, 0.25) is 0 Å². The number of hydrogen-bond donors (Lipinski definition) is 2. The summed E-state index contributed by atoms with van der Waals surface area (Å²) in [6.45, 7) is 3.01. The van der Waals surface area contributed by atoms with Crippen molar-refractivity contribution in [1.82, 2.24) is 4.57 Å². The second kappa shape index (κ2) is 11.4. The molecule has 0 aliphatic heterocycles. The summed E-state index contributed by atoms with van der Waals surface area (Å²) in [5, 5.41) is 15.4. The average Bonchev–Trinajstić information content (AvgIpc) is 3.25. The van der Waals surface area contributed by atoms with E-state index in [4.69, 9.17) is 14.2 Å². The predicted molar refractivity (Wildman–Crippen MR) is 146 cm³/mol. The molecule has 0 aliphatic carbocycles. The number of carbonyl (C=O) groups is 3. The molecule has 0 unspecified atom stereocenters. The van der Waals surface area contributed by atoms with Gasteiger partial charge in [0.15, 0.2) is 0 Å². The fourth-order valence-electron chi connectivity index (χ4n) is 4.59. The number of methoxy groups -OCH3 is 1. The van der Waals surface area contributed by atoms with Crippen molar-refractivity contribution in [2.45, 2.75) is 19.4 Å². The van der Waals surface area contributed by atoms with Gasteiger partial charge in [-0.1, -0.05) is 36.4 Å². The summed E-state index contributed by atoms with van der Waals surface area (Å²) >= 11 is 0. The first-order valence-electron chi connectivity index (χ1n) is 12.5. The molecule has 3 aromatic carbocycles. The number of amides is 1. The Morgan fingerprint density at radius 2 is 1.51 bits per heavy atom. The van der Waals surface area contributed by atoms with Crippen molar-refractivity contribution in [3.63, 3.8) is 0 Å². The number of aryl methyl sites for hydroxylation is 1. The molecule has 202 valence electrons. The molecule has 39 heavy (non-hydrogen) atoms. The van der Waals surface area contributed by atoms with E-state index in [2.05, 4.69) is 5.32 Å². The van der Waals surface area contributed by atoms with Gasteiger partial charge in [0, 0.05) is 40.3 Å². The third-order valence-corrected chi connectivity index (χ3v) is 6.37. The number of nitrogens with one attached hydrogen (secondary N) is 1. The summed E-state index contributed by atoms with van der Waals surface area (Å²) in [6, 6.07) is 20.9. The van der Waals surface area contributed by atoms with Crippen molar-refractivity contribution < 1.29 is 33.7 Å². The van der Waals surface area contributed by atoms with Crippen molar-refractivity contribution in [3.8, 4) is 16.9 Å². The lowest BCUT2D eigenvalue weighted by Crippen LogP contribution is -2.47. The molecule has 0 saturated heterocycles. The quantitative estimate of drug-likeness (QED) is 0.243. The molecule has 0 aliphatic rings. The van der Waals surface area contributed by atoms with E-state index in [0.717, 1.165) is 0 Å². The number of ether oxygens (including phenoxy) is 3. The number of anilines is 1. The van der Waals surface area contributed by atoms with Gasteiger partial charge < -0.3 is 29.2 Å². The van der Waals surface area contributed by atoms with Crippen LogP contribution < -0.4 is 10.1 Å². The normalized spacial score (nSPS) is 11.2. The first-order chi connectivity index (χ1) is 18.8. The van der Waals surface area contributed by atoms with Gasteiger partial charge in [0.1, 0.15) is 5.75 Å². The molecule has 1 heterocycles. The van der Waals surface area contributed by atoms with Gasteiger partial charge in [-0.25, -0.2) is 9.59 Å². The van der Waals surface area contributed by atoms with Crippen molar-refractivity contribution in [3.05, 3.63) is 84.1 Å². The van der Waals surface area contributed by atoms with Crippen LogP contribution in [-0.4, -0.2) is 47.8 Å². The van der Waals surface area contributed by atoms with Crippen LogP contribution >= 0.6 is 0 Å². The molecular weight excluding hydrogens is 500 g/mol. The Morgan fingerprint density at radius 1 is 0.897 bits per heavy atom. The van der Waals surface area contributed by atoms with Crippen molar-refractivity contribution in [2.75, 3.05) is 25.6 Å². The zero-order chi connectivity index (χ0) is 28.2. The van der Waals surface area contributed by atoms with Crippen LogP contribution in [0.1, 0.15) is 29.9 Å². The number of aliphatic hydroxyl groups is 1. The van der Waals surface area contributed by atoms with Crippen molar-refractivity contribution in [2.24, 2.45) is 7.05 Å². The third kappa shape index (κ3) is 4.96. The number of hydrogen-bond acceptors (Lipinski definition) is 7. The molecule has 9 nitrogen and oxygen atoms in total. The molecule has 0 spiro atoms. The smallest absolute Gasteiger partial charge is 0.356 e. The predicted octanol–water partition coefficient (Wildman–Crippen LogP) is 4.42. The van der Waals surface area contributed by atoms with Crippen LogP contribution in [-0.2, 0) is 31.7 Å². The maximum Gasteiger partial charge on any atom is 0.356 e. The maximum absolute atomic E-state index is 13.3. The van der Waals surface area contributed by atoms with Gasteiger partial charge in [-0.3, -0.25) is 4.79 Å². The summed E-state index contributed by atoms with van der Waals surface area (Å²) in [6.07, 6.45) is 0. The molecule has 4 rings (SSSR count). The van der Waals surface area contributed by atoms with E-state index in [1.165, 1.54) is 7.11 Å². The summed E-state index contributed by atoms with van der Waals surface area (Å²) in [5.74, 6) is -2.18. The van der Waals surface area contributed by atoms with Crippen LogP contribution in [0, 0.1) is 0 Å². The van der Waals surface area contributed by atoms with Crippen LogP contribution in [0.5, 0.6) is 5.75 Å². The summed E-state index contributed by atoms with van der Waals surface area (Å²) < 4.78 is 17.3. The minimum Gasteiger partial charge on any atom is -0.497 e. The second-order valence-corrected chi connectivity index (χ2v) is 8.68. The highest BCUT2D eigenvalue weighted by molar-refractivity contribution is 6.12. The Bertz CT molecular complexity index is 1510. The molecule has 1 amide bonds. The summed E-state index contributed by atoms with van der Waals surface area (Å²) in [7, 11) is 3.15. The molecule has 0 radical (unpaired) electrons. The molecular formula is C30H30N2O7. The van der Waals surface area contributed by atoms with Crippen LogP contribution in [0.15, 0.2) is 72.8 Å². The Balaban J connectivity index is 2.04.